The molecule has 1 saturated heterocycles. The van der Waals surface area contributed by atoms with Crippen molar-refractivity contribution in [3.05, 3.63) is 83.3 Å². The summed E-state index contributed by atoms with van der Waals surface area (Å²) in [4.78, 5) is 7.91. The van der Waals surface area contributed by atoms with Crippen LogP contribution >= 0.6 is 0 Å². The Bertz CT molecular complexity index is 1700. The van der Waals surface area contributed by atoms with Crippen LogP contribution < -0.4 is 16.8 Å². The number of unbranched alkanes of at least 4 members (excludes halogenated alkanes) is 3. The molecule has 3 fully saturated rings. The second-order valence-corrected chi connectivity index (χ2v) is 16.0. The van der Waals surface area contributed by atoms with Crippen molar-refractivity contribution in [2.24, 2.45) is 29.2 Å². The average Bonchev–Trinajstić information content (AvgIpc) is 3.60. The van der Waals surface area contributed by atoms with Crippen molar-refractivity contribution >= 4 is 16.6 Å². The molecular formula is C42H58N8. The monoisotopic (exact) mass is 674 g/mol. The van der Waals surface area contributed by atoms with E-state index in [4.69, 9.17) is 16.5 Å². The number of nitrogens with two attached hydrogens (primary N) is 2. The van der Waals surface area contributed by atoms with Crippen LogP contribution in [-0.2, 0) is 25.8 Å². The van der Waals surface area contributed by atoms with Crippen molar-refractivity contribution in [1.82, 2.24) is 24.9 Å². The molecule has 8 nitrogen and oxygen atoms in total. The van der Waals surface area contributed by atoms with E-state index in [0.29, 0.717) is 30.1 Å². The third-order valence-electron chi connectivity index (χ3n) is 12.8. The summed E-state index contributed by atoms with van der Waals surface area (Å²) in [7, 11) is 0. The second-order valence-electron chi connectivity index (χ2n) is 16.0. The summed E-state index contributed by atoms with van der Waals surface area (Å²) >= 11 is 0. The zero-order chi connectivity index (χ0) is 33.9. The number of benzene rings is 2. The number of hydrogen-bond donors (Lipinski definition) is 3. The van der Waals surface area contributed by atoms with Crippen LogP contribution in [0.15, 0.2) is 60.8 Å². The Hall–Kier alpha value is -3.33. The smallest absolute Gasteiger partial charge is 0.0827 e. The van der Waals surface area contributed by atoms with Crippen LogP contribution in [0.5, 0.6) is 0 Å². The maximum absolute atomic E-state index is 6.66. The Kier molecular flexibility index (Phi) is 10.5. The maximum atomic E-state index is 6.66. The van der Waals surface area contributed by atoms with Gasteiger partial charge in [-0.15, -0.1) is 5.10 Å². The Balaban J connectivity index is 0.842. The highest BCUT2D eigenvalue weighted by atomic mass is 15.4. The van der Waals surface area contributed by atoms with Crippen molar-refractivity contribution < 1.29 is 0 Å². The first-order valence-electron chi connectivity index (χ1n) is 20.0. The molecule has 1 aliphatic heterocycles. The Morgan fingerprint density at radius 1 is 0.760 bits per heavy atom. The van der Waals surface area contributed by atoms with Crippen LogP contribution in [0.1, 0.15) is 106 Å². The second kappa shape index (κ2) is 15.5. The zero-order valence-electron chi connectivity index (χ0n) is 29.9. The summed E-state index contributed by atoms with van der Waals surface area (Å²) in [5, 5.41) is 14.0. The van der Waals surface area contributed by atoms with E-state index in [1.165, 1.54) is 85.7 Å². The minimum atomic E-state index is 0.336. The predicted octanol–water partition coefficient (Wildman–Crippen LogP) is 7.22. The number of anilines is 1. The molecule has 8 rings (SSSR count). The Morgan fingerprint density at radius 3 is 2.44 bits per heavy atom. The largest absolute Gasteiger partial charge is 0.382 e. The highest BCUT2D eigenvalue weighted by Crippen LogP contribution is 2.54. The summed E-state index contributed by atoms with van der Waals surface area (Å²) in [5.41, 5.74) is 21.0. The Labute approximate surface area is 298 Å². The van der Waals surface area contributed by atoms with Crippen molar-refractivity contribution in [2.75, 3.05) is 18.4 Å². The highest BCUT2D eigenvalue weighted by Gasteiger charge is 2.51. The summed E-state index contributed by atoms with van der Waals surface area (Å²) < 4.78 is 2.01. The normalized spacial score (nSPS) is 28.2. The van der Waals surface area contributed by atoms with E-state index in [1.807, 2.05) is 4.68 Å². The van der Waals surface area contributed by atoms with Gasteiger partial charge in [0.1, 0.15) is 0 Å². The molecule has 4 aliphatic rings. The van der Waals surface area contributed by atoms with Gasteiger partial charge >= 0.3 is 0 Å². The van der Waals surface area contributed by atoms with Gasteiger partial charge in [-0.05, 0) is 125 Å². The third-order valence-corrected chi connectivity index (χ3v) is 12.8. The van der Waals surface area contributed by atoms with E-state index in [2.05, 4.69) is 81.3 Å². The van der Waals surface area contributed by atoms with Crippen LogP contribution in [-0.4, -0.2) is 56.1 Å². The first-order chi connectivity index (χ1) is 24.6. The number of hydrogen-bond acceptors (Lipinski definition) is 7. The van der Waals surface area contributed by atoms with Crippen molar-refractivity contribution in [1.29, 1.82) is 0 Å². The molecule has 0 radical (unpaired) electrons. The molecule has 2 aromatic carbocycles. The average molecular weight is 675 g/mol. The topological polar surface area (TPSA) is 111 Å². The molecular weight excluding hydrogens is 617 g/mol. The van der Waals surface area contributed by atoms with Gasteiger partial charge in [0.25, 0.3) is 0 Å². The molecule has 0 spiro atoms. The van der Waals surface area contributed by atoms with Crippen molar-refractivity contribution in [3.63, 3.8) is 0 Å². The van der Waals surface area contributed by atoms with E-state index < -0.39 is 0 Å². The van der Waals surface area contributed by atoms with Gasteiger partial charge in [0, 0.05) is 53.7 Å². The lowest BCUT2D eigenvalue weighted by molar-refractivity contribution is -0.0871. The van der Waals surface area contributed by atoms with Gasteiger partial charge in [0.2, 0.25) is 0 Å². The number of fused-ring (bicyclic) bond motifs is 5. The molecule has 50 heavy (non-hydrogen) atoms. The molecule has 7 atom stereocenters. The van der Waals surface area contributed by atoms with Gasteiger partial charge in [0.15, 0.2) is 0 Å². The first kappa shape index (κ1) is 33.8. The van der Waals surface area contributed by atoms with E-state index in [1.54, 1.807) is 0 Å². The number of rotatable bonds is 12. The molecule has 2 aromatic heterocycles. The molecule has 3 heterocycles. The van der Waals surface area contributed by atoms with Crippen LogP contribution in [0.4, 0.5) is 5.69 Å². The van der Waals surface area contributed by atoms with Gasteiger partial charge in [-0.1, -0.05) is 66.6 Å². The van der Waals surface area contributed by atoms with Crippen molar-refractivity contribution in [3.8, 4) is 0 Å². The lowest BCUT2D eigenvalue weighted by atomic mass is 9.58. The quantitative estimate of drug-likeness (QED) is 0.136. The lowest BCUT2D eigenvalue weighted by Gasteiger charge is -2.59. The number of para-hydroxylation sites is 1. The summed E-state index contributed by atoms with van der Waals surface area (Å²) in [5.74, 6) is 2.22. The van der Waals surface area contributed by atoms with Gasteiger partial charge in [0.05, 0.1) is 17.8 Å². The molecule has 266 valence electrons. The molecule has 4 aromatic rings. The molecule has 0 amide bonds. The highest BCUT2D eigenvalue weighted by molar-refractivity contribution is 5.93. The number of likely N-dealkylation sites (tertiary alicyclic amines) is 1. The molecule has 3 aliphatic carbocycles. The number of aryl methyl sites for hydroxylation is 2. The number of nitrogens with one attached hydrogen (secondary N) is 1. The summed E-state index contributed by atoms with van der Waals surface area (Å²) in [6.07, 6.45) is 19.9. The van der Waals surface area contributed by atoms with Crippen LogP contribution in [0.3, 0.4) is 0 Å². The molecule has 2 saturated carbocycles. The van der Waals surface area contributed by atoms with E-state index in [-0.39, 0.29) is 0 Å². The van der Waals surface area contributed by atoms with Crippen LogP contribution in [0.25, 0.3) is 10.9 Å². The van der Waals surface area contributed by atoms with Crippen LogP contribution in [0, 0.1) is 17.8 Å². The predicted molar refractivity (Wildman–Crippen MR) is 203 cm³/mol. The van der Waals surface area contributed by atoms with Crippen LogP contribution in [0.2, 0.25) is 0 Å². The summed E-state index contributed by atoms with van der Waals surface area (Å²) in [6.45, 7) is 2.78. The van der Waals surface area contributed by atoms with Gasteiger partial charge in [-0.25, -0.2) is 0 Å². The Morgan fingerprint density at radius 2 is 1.54 bits per heavy atom. The first-order valence-corrected chi connectivity index (χ1v) is 20.0. The number of nitrogens with zero attached hydrogens (tertiary/aromatic N) is 5. The van der Waals surface area contributed by atoms with Crippen molar-refractivity contribution in [2.45, 2.75) is 127 Å². The van der Waals surface area contributed by atoms with Gasteiger partial charge < -0.3 is 16.8 Å². The standard InChI is InChI=1S/C42H58N8/c43-30-19-21-33-34-22-20-31(44)27-40(34)50(42(37(33)26-30)29-12-4-3-5-13-29)24-11-2-1-6-14-32-28-49(48-47-32)25-23-45-41-35-15-7-9-17-38(35)46-39-18-10-8-16-36(39)41/h3-5,7,9,12-13,15,17,28,30-31,33-34,37,40,42H,1-2,6,8,10-11,14,16,18-27,43-44H2,(H,45,46). The number of pyridine rings is 1. The third kappa shape index (κ3) is 7.21. The lowest BCUT2D eigenvalue weighted by Crippen LogP contribution is -2.60. The molecule has 7 unspecified atom stereocenters. The van der Waals surface area contributed by atoms with Gasteiger partial charge in [-0.3, -0.25) is 14.6 Å². The van der Waals surface area contributed by atoms with Gasteiger partial charge in [-0.2, -0.15) is 0 Å². The number of aromatic nitrogens is 4. The summed E-state index contributed by atoms with van der Waals surface area (Å²) in [6, 6.07) is 21.6. The van der Waals surface area contributed by atoms with E-state index in [9.17, 15) is 0 Å². The maximum Gasteiger partial charge on any atom is 0.0827 e. The fourth-order valence-electron chi connectivity index (χ4n) is 10.5. The SMILES string of the molecule is NC1CCC2C3CCC(N)CC3N(CCCCCCc3cn(CCNc4c5c(nc6ccccc46)CCCC5)nn3)C(c3ccccc3)C2C1. The fraction of sp³-hybridized carbons (Fsp3) is 0.595. The van der Waals surface area contributed by atoms with E-state index in [0.717, 1.165) is 81.2 Å². The number of piperidine rings is 1. The zero-order valence-corrected chi connectivity index (χ0v) is 29.9. The molecule has 8 heteroatoms. The minimum Gasteiger partial charge on any atom is -0.382 e. The minimum absolute atomic E-state index is 0.336. The molecule has 5 N–H and O–H groups in total. The fourth-order valence-corrected chi connectivity index (χ4v) is 10.5. The van der Waals surface area contributed by atoms with E-state index >= 15 is 0 Å². The molecule has 0 bridgehead atoms.